The Kier molecular flexibility index (Phi) is 6.84. The normalized spacial score (nSPS) is 20.3. The van der Waals surface area contributed by atoms with Crippen LogP contribution in [0.2, 0.25) is 0 Å². The van der Waals surface area contributed by atoms with Crippen LogP contribution in [0.4, 0.5) is 0 Å². The van der Waals surface area contributed by atoms with Crippen molar-refractivity contribution in [2.75, 3.05) is 26.7 Å². The van der Waals surface area contributed by atoms with Crippen molar-refractivity contribution in [1.82, 2.24) is 10.2 Å². The average molecular weight is 270 g/mol. The van der Waals surface area contributed by atoms with Gasteiger partial charge in [-0.15, -0.1) is 0 Å². The Morgan fingerprint density at radius 1 is 1.37 bits per heavy atom. The molecule has 1 saturated heterocycles. The molecule has 110 valence electrons. The van der Waals surface area contributed by atoms with Gasteiger partial charge < -0.3 is 10.1 Å². The fraction of sp³-hybridized carbons (Fsp3) is 0.857. The Labute approximate surface area is 115 Å². The fourth-order valence-corrected chi connectivity index (χ4v) is 2.33. The standard InChI is InChI=1S/C14H26N2O3/c1-11(2)9-15-13(17)10-16-7-5-4-6-12(16)8-14(18)19-3/h11-12H,4-10H2,1-3H3,(H,15,17). The average Bonchev–Trinajstić information content (AvgIpc) is 2.38. The summed E-state index contributed by atoms with van der Waals surface area (Å²) in [5.74, 6) is 0.307. The molecule has 0 radical (unpaired) electrons. The second kappa shape index (κ2) is 8.15. The zero-order chi connectivity index (χ0) is 14.3. The van der Waals surface area contributed by atoms with E-state index in [1.807, 2.05) is 0 Å². The zero-order valence-electron chi connectivity index (χ0n) is 12.3. The second-order valence-corrected chi connectivity index (χ2v) is 5.60. The fourth-order valence-electron chi connectivity index (χ4n) is 2.33. The van der Waals surface area contributed by atoms with Crippen molar-refractivity contribution in [3.05, 3.63) is 0 Å². The van der Waals surface area contributed by atoms with E-state index in [9.17, 15) is 9.59 Å². The van der Waals surface area contributed by atoms with Gasteiger partial charge in [0.05, 0.1) is 20.1 Å². The maximum atomic E-state index is 11.8. The van der Waals surface area contributed by atoms with Crippen LogP contribution in [0.25, 0.3) is 0 Å². The molecule has 1 N–H and O–H groups in total. The van der Waals surface area contributed by atoms with E-state index in [0.717, 1.165) is 25.8 Å². The van der Waals surface area contributed by atoms with Crippen molar-refractivity contribution in [2.24, 2.45) is 5.92 Å². The molecule has 0 aromatic rings. The van der Waals surface area contributed by atoms with Crippen LogP contribution in [-0.4, -0.2) is 49.6 Å². The smallest absolute Gasteiger partial charge is 0.307 e. The number of esters is 1. The number of likely N-dealkylation sites (tertiary alicyclic amines) is 1. The number of methoxy groups -OCH3 is 1. The van der Waals surface area contributed by atoms with E-state index in [2.05, 4.69) is 24.1 Å². The lowest BCUT2D eigenvalue weighted by molar-refractivity contribution is -0.143. The molecule has 5 nitrogen and oxygen atoms in total. The zero-order valence-corrected chi connectivity index (χ0v) is 12.3. The third kappa shape index (κ3) is 6.05. The van der Waals surface area contributed by atoms with Crippen LogP contribution in [-0.2, 0) is 14.3 Å². The molecule has 1 atom stereocenters. The summed E-state index contributed by atoms with van der Waals surface area (Å²) in [4.78, 5) is 25.3. The van der Waals surface area contributed by atoms with Gasteiger partial charge in [0.2, 0.25) is 5.91 Å². The second-order valence-electron chi connectivity index (χ2n) is 5.60. The molecule has 0 saturated carbocycles. The molecule has 1 unspecified atom stereocenters. The highest BCUT2D eigenvalue weighted by Gasteiger charge is 2.26. The predicted octanol–water partition coefficient (Wildman–Crippen LogP) is 1.18. The minimum atomic E-state index is -0.195. The van der Waals surface area contributed by atoms with E-state index in [0.29, 0.717) is 25.4 Å². The summed E-state index contributed by atoms with van der Waals surface area (Å²) in [5.41, 5.74) is 0. The number of ether oxygens (including phenoxy) is 1. The lowest BCUT2D eigenvalue weighted by atomic mass is 9.99. The lowest BCUT2D eigenvalue weighted by Crippen LogP contribution is -2.46. The number of carbonyl (C=O) groups excluding carboxylic acids is 2. The van der Waals surface area contributed by atoms with Crippen molar-refractivity contribution in [3.8, 4) is 0 Å². The molecular weight excluding hydrogens is 244 g/mol. The molecule has 1 heterocycles. The highest BCUT2D eigenvalue weighted by atomic mass is 16.5. The number of nitrogens with zero attached hydrogens (tertiary/aromatic N) is 1. The summed E-state index contributed by atoms with van der Waals surface area (Å²) in [7, 11) is 1.41. The number of rotatable bonds is 6. The molecule has 1 rings (SSSR count). The maximum absolute atomic E-state index is 11.8. The third-order valence-electron chi connectivity index (χ3n) is 3.43. The van der Waals surface area contributed by atoms with Gasteiger partial charge in [-0.1, -0.05) is 20.3 Å². The van der Waals surface area contributed by atoms with Crippen LogP contribution >= 0.6 is 0 Å². The molecule has 0 spiro atoms. The van der Waals surface area contributed by atoms with Gasteiger partial charge in [-0.05, 0) is 25.3 Å². The topological polar surface area (TPSA) is 58.6 Å². The van der Waals surface area contributed by atoms with E-state index in [1.54, 1.807) is 0 Å². The quantitative estimate of drug-likeness (QED) is 0.736. The van der Waals surface area contributed by atoms with Crippen molar-refractivity contribution in [2.45, 2.75) is 45.6 Å². The highest BCUT2D eigenvalue weighted by Crippen LogP contribution is 2.19. The number of hydrogen-bond donors (Lipinski definition) is 1. The highest BCUT2D eigenvalue weighted by molar-refractivity contribution is 5.78. The van der Waals surface area contributed by atoms with Crippen molar-refractivity contribution < 1.29 is 14.3 Å². The minimum absolute atomic E-state index is 0.0467. The van der Waals surface area contributed by atoms with Crippen LogP contribution < -0.4 is 5.32 Å². The van der Waals surface area contributed by atoms with Crippen molar-refractivity contribution in [1.29, 1.82) is 0 Å². The monoisotopic (exact) mass is 270 g/mol. The molecule has 1 aliphatic rings. The number of piperidine rings is 1. The Morgan fingerprint density at radius 2 is 2.11 bits per heavy atom. The summed E-state index contributed by atoms with van der Waals surface area (Å²) in [5, 5.41) is 2.92. The number of carbonyl (C=O) groups is 2. The van der Waals surface area contributed by atoms with Crippen LogP contribution in [0.3, 0.4) is 0 Å². The van der Waals surface area contributed by atoms with Gasteiger partial charge in [0.25, 0.3) is 0 Å². The van der Waals surface area contributed by atoms with Crippen LogP contribution in [0.5, 0.6) is 0 Å². The van der Waals surface area contributed by atoms with E-state index in [4.69, 9.17) is 4.74 Å². The summed E-state index contributed by atoms with van der Waals surface area (Å²) in [6.45, 7) is 6.11. The van der Waals surface area contributed by atoms with Gasteiger partial charge in [0, 0.05) is 12.6 Å². The van der Waals surface area contributed by atoms with Crippen molar-refractivity contribution >= 4 is 11.9 Å². The Hall–Kier alpha value is -1.10. The number of hydrogen-bond acceptors (Lipinski definition) is 4. The molecule has 0 aromatic carbocycles. The van der Waals surface area contributed by atoms with E-state index >= 15 is 0 Å². The van der Waals surface area contributed by atoms with Crippen molar-refractivity contribution in [3.63, 3.8) is 0 Å². The lowest BCUT2D eigenvalue weighted by Gasteiger charge is -2.34. The molecule has 5 heteroatoms. The molecule has 0 aromatic heterocycles. The van der Waals surface area contributed by atoms with Gasteiger partial charge in [-0.3, -0.25) is 14.5 Å². The SMILES string of the molecule is COC(=O)CC1CCCCN1CC(=O)NCC(C)C. The van der Waals surface area contributed by atoms with Crippen LogP contribution in [0.15, 0.2) is 0 Å². The van der Waals surface area contributed by atoms with Gasteiger partial charge in [-0.2, -0.15) is 0 Å². The molecule has 1 fully saturated rings. The van der Waals surface area contributed by atoms with Gasteiger partial charge in [0.1, 0.15) is 0 Å². The van der Waals surface area contributed by atoms with Crippen LogP contribution in [0.1, 0.15) is 39.5 Å². The van der Waals surface area contributed by atoms with Crippen LogP contribution in [0, 0.1) is 5.92 Å². The molecule has 1 aliphatic heterocycles. The maximum Gasteiger partial charge on any atom is 0.307 e. The molecular formula is C14H26N2O3. The molecule has 0 aliphatic carbocycles. The third-order valence-corrected chi connectivity index (χ3v) is 3.43. The minimum Gasteiger partial charge on any atom is -0.469 e. The number of amides is 1. The molecule has 19 heavy (non-hydrogen) atoms. The number of nitrogens with one attached hydrogen (secondary N) is 1. The Bertz CT molecular complexity index is 305. The van der Waals surface area contributed by atoms with E-state index in [1.165, 1.54) is 7.11 Å². The van der Waals surface area contributed by atoms with Gasteiger partial charge in [0.15, 0.2) is 0 Å². The summed E-state index contributed by atoms with van der Waals surface area (Å²) in [6.07, 6.45) is 3.56. The first-order valence-electron chi connectivity index (χ1n) is 7.10. The molecule has 1 amide bonds. The first-order valence-corrected chi connectivity index (χ1v) is 7.10. The first-order chi connectivity index (χ1) is 9.02. The summed E-state index contributed by atoms with van der Waals surface area (Å²) >= 11 is 0. The van der Waals surface area contributed by atoms with Gasteiger partial charge >= 0.3 is 5.97 Å². The Morgan fingerprint density at radius 3 is 2.74 bits per heavy atom. The van der Waals surface area contributed by atoms with E-state index < -0.39 is 0 Å². The first kappa shape index (κ1) is 16.0. The van der Waals surface area contributed by atoms with Gasteiger partial charge in [-0.25, -0.2) is 0 Å². The van der Waals surface area contributed by atoms with E-state index in [-0.39, 0.29) is 17.9 Å². The predicted molar refractivity (Wildman–Crippen MR) is 73.7 cm³/mol. The molecule has 0 bridgehead atoms. The summed E-state index contributed by atoms with van der Waals surface area (Å²) < 4.78 is 4.72. The largest absolute Gasteiger partial charge is 0.469 e. The Balaban J connectivity index is 2.43. The summed E-state index contributed by atoms with van der Waals surface area (Å²) in [6, 6.07) is 0.144.